The fraction of sp³-hybridized carbons (Fsp3) is 0. The number of hydrogen-bond acceptors (Lipinski definition) is 5. The van der Waals surface area contributed by atoms with Gasteiger partial charge in [0, 0.05) is 17.4 Å². The molecule has 2 N–H and O–H groups in total. The summed E-state index contributed by atoms with van der Waals surface area (Å²) in [7, 11) is 0. The second-order valence-corrected chi connectivity index (χ2v) is 5.82. The summed E-state index contributed by atoms with van der Waals surface area (Å²) in [6.45, 7) is 0. The average molecular weight is 355 g/mol. The number of carboxylic acid groups (broad SMARTS) is 1. The maximum atomic E-state index is 10.9. The zero-order valence-electron chi connectivity index (χ0n) is 14.0. The Morgan fingerprint density at radius 2 is 1.81 bits per heavy atom. The molecule has 130 valence electrons. The summed E-state index contributed by atoms with van der Waals surface area (Å²) < 4.78 is 1.67. The highest BCUT2D eigenvalue weighted by Gasteiger charge is 2.10. The first kappa shape index (κ1) is 16.3. The van der Waals surface area contributed by atoms with Gasteiger partial charge in [0.15, 0.2) is 5.65 Å². The van der Waals surface area contributed by atoms with Gasteiger partial charge in [-0.3, -0.25) is 0 Å². The third-order valence-electron chi connectivity index (χ3n) is 4.08. The van der Waals surface area contributed by atoms with Crippen molar-refractivity contribution in [2.24, 2.45) is 0 Å². The van der Waals surface area contributed by atoms with Gasteiger partial charge >= 0.3 is 5.97 Å². The number of carbonyl (C=O) groups is 1. The third-order valence-corrected chi connectivity index (χ3v) is 4.08. The lowest BCUT2D eigenvalue weighted by Gasteiger charge is -2.02. The predicted molar refractivity (Wildman–Crippen MR) is 99.8 cm³/mol. The Kier molecular flexibility index (Phi) is 3.99. The molecule has 2 aromatic carbocycles. The van der Waals surface area contributed by atoms with E-state index >= 15 is 0 Å². The van der Waals surface area contributed by atoms with Gasteiger partial charge in [0.25, 0.3) is 0 Å². The summed E-state index contributed by atoms with van der Waals surface area (Å²) >= 11 is 0. The van der Waals surface area contributed by atoms with Crippen LogP contribution in [0, 0.1) is 11.3 Å². The van der Waals surface area contributed by atoms with Crippen molar-refractivity contribution in [3.8, 4) is 17.2 Å². The Bertz CT molecular complexity index is 1170. The standard InChI is InChI=1S/C20H13N5O2/c21-12-13-3-5-14(6-4-13)17-2-1-11-25-18(17)23-20(24-25)22-16-9-7-15(8-10-16)19(26)27/h1-11H,(H,22,24)(H,26,27). The van der Waals surface area contributed by atoms with Crippen LogP contribution in [0.15, 0.2) is 66.9 Å². The van der Waals surface area contributed by atoms with Gasteiger partial charge in [-0.15, -0.1) is 5.10 Å². The van der Waals surface area contributed by atoms with Crippen molar-refractivity contribution < 1.29 is 9.90 Å². The van der Waals surface area contributed by atoms with Crippen molar-refractivity contribution in [2.75, 3.05) is 5.32 Å². The highest BCUT2D eigenvalue weighted by molar-refractivity contribution is 5.88. The van der Waals surface area contributed by atoms with E-state index in [4.69, 9.17) is 10.4 Å². The first-order valence-electron chi connectivity index (χ1n) is 8.10. The molecule has 0 saturated carbocycles. The Morgan fingerprint density at radius 3 is 2.48 bits per heavy atom. The molecule has 7 nitrogen and oxygen atoms in total. The second kappa shape index (κ2) is 6.61. The largest absolute Gasteiger partial charge is 0.478 e. The van der Waals surface area contributed by atoms with Gasteiger partial charge in [-0.2, -0.15) is 10.2 Å². The maximum Gasteiger partial charge on any atom is 0.335 e. The molecule has 0 amide bonds. The van der Waals surface area contributed by atoms with E-state index < -0.39 is 5.97 Å². The molecule has 0 aliphatic rings. The zero-order chi connectivity index (χ0) is 18.8. The number of pyridine rings is 1. The summed E-state index contributed by atoms with van der Waals surface area (Å²) in [5, 5.41) is 25.4. The number of carboxylic acids is 1. The fourth-order valence-electron chi connectivity index (χ4n) is 2.73. The molecule has 0 atom stereocenters. The van der Waals surface area contributed by atoms with Gasteiger partial charge in [0.1, 0.15) is 0 Å². The lowest BCUT2D eigenvalue weighted by molar-refractivity contribution is 0.0697. The molecule has 0 bridgehead atoms. The van der Waals surface area contributed by atoms with Crippen molar-refractivity contribution >= 4 is 23.3 Å². The molecule has 0 aliphatic heterocycles. The number of nitrogens with one attached hydrogen (secondary N) is 1. The molecule has 0 spiro atoms. The van der Waals surface area contributed by atoms with Gasteiger partial charge in [-0.1, -0.05) is 12.1 Å². The van der Waals surface area contributed by atoms with Gasteiger partial charge in [-0.25, -0.2) is 9.31 Å². The zero-order valence-corrected chi connectivity index (χ0v) is 14.0. The van der Waals surface area contributed by atoms with Gasteiger partial charge in [-0.05, 0) is 54.1 Å². The molecule has 0 saturated heterocycles. The Balaban J connectivity index is 1.68. The summed E-state index contributed by atoms with van der Waals surface area (Å²) in [5.74, 6) is -0.571. The molecule has 7 heteroatoms. The number of aromatic nitrogens is 3. The number of aromatic carboxylic acids is 1. The smallest absolute Gasteiger partial charge is 0.335 e. The van der Waals surface area contributed by atoms with E-state index in [2.05, 4.69) is 21.5 Å². The highest BCUT2D eigenvalue weighted by Crippen LogP contribution is 2.25. The summed E-state index contributed by atoms with van der Waals surface area (Å²) in [4.78, 5) is 15.5. The van der Waals surface area contributed by atoms with Crippen LogP contribution in [-0.4, -0.2) is 25.7 Å². The molecule has 4 rings (SSSR count). The quantitative estimate of drug-likeness (QED) is 0.578. The van der Waals surface area contributed by atoms with Crippen molar-refractivity contribution in [3.05, 3.63) is 78.0 Å². The fourth-order valence-corrected chi connectivity index (χ4v) is 2.73. The van der Waals surface area contributed by atoms with E-state index in [1.807, 2.05) is 24.3 Å². The monoisotopic (exact) mass is 355 g/mol. The molecule has 0 radical (unpaired) electrons. The Hall–Kier alpha value is -4.18. The van der Waals surface area contributed by atoms with Gasteiger partial charge in [0.05, 0.1) is 17.2 Å². The Labute approximate surface area is 154 Å². The van der Waals surface area contributed by atoms with Crippen LogP contribution in [0.25, 0.3) is 16.8 Å². The number of nitriles is 1. The average Bonchev–Trinajstić information content (AvgIpc) is 3.11. The number of nitrogens with zero attached hydrogens (tertiary/aromatic N) is 4. The van der Waals surface area contributed by atoms with Crippen LogP contribution in [0.5, 0.6) is 0 Å². The molecule has 27 heavy (non-hydrogen) atoms. The molecular weight excluding hydrogens is 342 g/mol. The molecule has 2 aromatic heterocycles. The third kappa shape index (κ3) is 3.19. The van der Waals surface area contributed by atoms with Gasteiger partial charge in [0.2, 0.25) is 5.95 Å². The molecule has 0 unspecified atom stereocenters. The van der Waals surface area contributed by atoms with E-state index in [0.29, 0.717) is 22.8 Å². The highest BCUT2D eigenvalue weighted by atomic mass is 16.4. The summed E-state index contributed by atoms with van der Waals surface area (Å²) in [6.07, 6.45) is 1.80. The minimum Gasteiger partial charge on any atom is -0.478 e. The normalized spacial score (nSPS) is 10.5. The number of fused-ring (bicyclic) bond motifs is 1. The first-order chi connectivity index (χ1) is 13.1. The summed E-state index contributed by atoms with van der Waals surface area (Å²) in [5.41, 5.74) is 4.00. The lowest BCUT2D eigenvalue weighted by atomic mass is 10.1. The van der Waals surface area contributed by atoms with Crippen LogP contribution in [0.2, 0.25) is 0 Å². The maximum absolute atomic E-state index is 10.9. The number of hydrogen-bond donors (Lipinski definition) is 2. The van der Waals surface area contributed by atoms with Crippen LogP contribution < -0.4 is 5.32 Å². The Morgan fingerprint density at radius 1 is 1.07 bits per heavy atom. The van der Waals surface area contributed by atoms with Crippen LogP contribution in [-0.2, 0) is 0 Å². The number of benzene rings is 2. The predicted octanol–water partition coefficient (Wildman–Crippen LogP) is 3.71. The lowest BCUT2D eigenvalue weighted by Crippen LogP contribution is -1.97. The molecule has 4 aromatic rings. The minimum absolute atomic E-state index is 0.214. The molecule has 0 aliphatic carbocycles. The SMILES string of the molecule is N#Cc1ccc(-c2cccn3nc(Nc4ccc(C(=O)O)cc4)nc23)cc1. The first-order valence-corrected chi connectivity index (χ1v) is 8.10. The van der Waals surface area contributed by atoms with Crippen LogP contribution >= 0.6 is 0 Å². The van der Waals surface area contributed by atoms with Crippen molar-refractivity contribution in [1.29, 1.82) is 5.26 Å². The molecule has 2 heterocycles. The van der Waals surface area contributed by atoms with Crippen LogP contribution in [0.1, 0.15) is 15.9 Å². The van der Waals surface area contributed by atoms with E-state index in [1.54, 1.807) is 35.0 Å². The van der Waals surface area contributed by atoms with Crippen molar-refractivity contribution in [3.63, 3.8) is 0 Å². The minimum atomic E-state index is -0.973. The number of anilines is 2. The number of rotatable bonds is 4. The van der Waals surface area contributed by atoms with E-state index in [0.717, 1.165) is 11.1 Å². The van der Waals surface area contributed by atoms with E-state index in [1.165, 1.54) is 12.1 Å². The van der Waals surface area contributed by atoms with Gasteiger partial charge < -0.3 is 10.4 Å². The molecular formula is C20H13N5O2. The van der Waals surface area contributed by atoms with E-state index in [-0.39, 0.29) is 5.56 Å². The van der Waals surface area contributed by atoms with Crippen molar-refractivity contribution in [1.82, 2.24) is 14.6 Å². The van der Waals surface area contributed by atoms with E-state index in [9.17, 15) is 4.79 Å². The molecule has 0 fully saturated rings. The van der Waals surface area contributed by atoms with Crippen molar-refractivity contribution in [2.45, 2.75) is 0 Å². The summed E-state index contributed by atoms with van der Waals surface area (Å²) in [6, 6.07) is 19.6. The van der Waals surface area contributed by atoms with Crippen LogP contribution in [0.3, 0.4) is 0 Å². The second-order valence-electron chi connectivity index (χ2n) is 5.82. The van der Waals surface area contributed by atoms with Crippen LogP contribution in [0.4, 0.5) is 11.6 Å². The topological polar surface area (TPSA) is 103 Å².